The zero-order valence-electron chi connectivity index (χ0n) is 11.5. The lowest BCUT2D eigenvalue weighted by atomic mass is 10.1. The quantitative estimate of drug-likeness (QED) is 0.756. The Labute approximate surface area is 108 Å². The lowest BCUT2D eigenvalue weighted by Gasteiger charge is -2.22. The summed E-state index contributed by atoms with van der Waals surface area (Å²) in [5.74, 6) is 0.646. The molecule has 0 aliphatic carbocycles. The van der Waals surface area contributed by atoms with Crippen LogP contribution in [0.2, 0.25) is 0 Å². The fourth-order valence-corrected chi connectivity index (χ4v) is 2.43. The molecule has 2 rings (SSSR count). The van der Waals surface area contributed by atoms with Crippen molar-refractivity contribution in [3.05, 3.63) is 23.1 Å². The van der Waals surface area contributed by atoms with Gasteiger partial charge in [0, 0.05) is 18.7 Å². The van der Waals surface area contributed by atoms with Crippen LogP contribution in [0.4, 0.5) is 0 Å². The van der Waals surface area contributed by atoms with E-state index in [1.807, 2.05) is 31.7 Å². The normalized spacial score (nSPS) is 19.1. The second-order valence-corrected chi connectivity index (χ2v) is 5.20. The van der Waals surface area contributed by atoms with Crippen LogP contribution in [0.1, 0.15) is 45.1 Å². The molecule has 1 aliphatic rings. The Kier molecular flexibility index (Phi) is 3.55. The SMILES string of the molecule is CC(C)=C(C(=O)N1CCCC1C)c1cc(C)no1. The summed E-state index contributed by atoms with van der Waals surface area (Å²) < 4.78 is 5.25. The van der Waals surface area contributed by atoms with Gasteiger partial charge in [0.25, 0.3) is 5.91 Å². The van der Waals surface area contributed by atoms with Gasteiger partial charge in [-0.3, -0.25) is 4.79 Å². The van der Waals surface area contributed by atoms with Crippen LogP contribution in [0.5, 0.6) is 0 Å². The van der Waals surface area contributed by atoms with Crippen molar-refractivity contribution in [2.75, 3.05) is 6.54 Å². The van der Waals surface area contributed by atoms with Gasteiger partial charge in [-0.1, -0.05) is 10.7 Å². The van der Waals surface area contributed by atoms with Gasteiger partial charge >= 0.3 is 0 Å². The maximum absolute atomic E-state index is 12.6. The van der Waals surface area contributed by atoms with E-state index < -0.39 is 0 Å². The predicted octanol–water partition coefficient (Wildman–Crippen LogP) is 2.79. The van der Waals surface area contributed by atoms with Gasteiger partial charge in [0.2, 0.25) is 0 Å². The van der Waals surface area contributed by atoms with E-state index in [2.05, 4.69) is 12.1 Å². The minimum Gasteiger partial charge on any atom is -0.356 e. The summed E-state index contributed by atoms with van der Waals surface area (Å²) in [6, 6.07) is 2.14. The Morgan fingerprint density at radius 3 is 2.67 bits per heavy atom. The van der Waals surface area contributed by atoms with Crippen molar-refractivity contribution in [1.29, 1.82) is 0 Å². The van der Waals surface area contributed by atoms with E-state index in [1.165, 1.54) is 0 Å². The number of allylic oxidation sites excluding steroid dienone is 1. The van der Waals surface area contributed by atoms with E-state index in [1.54, 1.807) is 0 Å². The fourth-order valence-electron chi connectivity index (χ4n) is 2.43. The van der Waals surface area contributed by atoms with Gasteiger partial charge in [-0.25, -0.2) is 0 Å². The van der Waals surface area contributed by atoms with Gasteiger partial charge in [0.1, 0.15) is 0 Å². The van der Waals surface area contributed by atoms with Crippen LogP contribution in [0.15, 0.2) is 16.2 Å². The van der Waals surface area contributed by atoms with Gasteiger partial charge < -0.3 is 9.42 Å². The second-order valence-electron chi connectivity index (χ2n) is 5.20. The average molecular weight is 248 g/mol. The molecular formula is C14H20N2O2. The van der Waals surface area contributed by atoms with Crippen molar-refractivity contribution < 1.29 is 9.32 Å². The van der Waals surface area contributed by atoms with E-state index in [4.69, 9.17) is 4.52 Å². The Balaban J connectivity index is 2.32. The standard InChI is InChI=1S/C14H20N2O2/c1-9(2)13(12-8-10(3)15-18-12)14(17)16-7-5-6-11(16)4/h8,11H,5-7H2,1-4H3. The molecular weight excluding hydrogens is 228 g/mol. The molecule has 1 atom stereocenters. The molecule has 1 amide bonds. The molecule has 2 heterocycles. The Bertz CT molecular complexity index is 484. The topological polar surface area (TPSA) is 46.3 Å². The van der Waals surface area contributed by atoms with Gasteiger partial charge in [-0.2, -0.15) is 0 Å². The van der Waals surface area contributed by atoms with Crippen molar-refractivity contribution in [2.45, 2.75) is 46.6 Å². The fraction of sp³-hybridized carbons (Fsp3) is 0.571. The van der Waals surface area contributed by atoms with Crippen molar-refractivity contribution in [3.8, 4) is 0 Å². The van der Waals surface area contributed by atoms with Crippen molar-refractivity contribution in [2.24, 2.45) is 0 Å². The summed E-state index contributed by atoms with van der Waals surface area (Å²) >= 11 is 0. The number of carbonyl (C=O) groups is 1. The molecule has 4 heteroatoms. The molecule has 4 nitrogen and oxygen atoms in total. The molecule has 1 aromatic rings. The Morgan fingerprint density at radius 1 is 1.50 bits per heavy atom. The number of nitrogens with zero attached hydrogens (tertiary/aromatic N) is 2. The third kappa shape index (κ3) is 2.33. The number of rotatable bonds is 2. The monoisotopic (exact) mass is 248 g/mol. The molecule has 1 aromatic heterocycles. The van der Waals surface area contributed by atoms with Gasteiger partial charge in [-0.05, 0) is 40.5 Å². The second kappa shape index (κ2) is 4.96. The van der Waals surface area contributed by atoms with Crippen LogP contribution in [0.3, 0.4) is 0 Å². The van der Waals surface area contributed by atoms with E-state index in [0.717, 1.165) is 30.7 Å². The third-order valence-electron chi connectivity index (χ3n) is 3.40. The predicted molar refractivity (Wildman–Crippen MR) is 69.9 cm³/mol. The summed E-state index contributed by atoms with van der Waals surface area (Å²) in [6.45, 7) is 8.67. The molecule has 98 valence electrons. The van der Waals surface area contributed by atoms with E-state index in [-0.39, 0.29) is 5.91 Å². The molecule has 0 saturated carbocycles. The number of carbonyl (C=O) groups excluding carboxylic acids is 1. The minimum absolute atomic E-state index is 0.0659. The molecule has 0 aromatic carbocycles. The van der Waals surface area contributed by atoms with Crippen LogP contribution >= 0.6 is 0 Å². The highest BCUT2D eigenvalue weighted by Crippen LogP contribution is 2.26. The molecule has 18 heavy (non-hydrogen) atoms. The molecule has 0 bridgehead atoms. The number of amides is 1. The maximum atomic E-state index is 12.6. The van der Waals surface area contributed by atoms with Gasteiger partial charge in [0.05, 0.1) is 11.3 Å². The highest BCUT2D eigenvalue weighted by Gasteiger charge is 2.30. The first-order chi connectivity index (χ1) is 8.50. The molecule has 0 radical (unpaired) electrons. The van der Waals surface area contributed by atoms with E-state index in [0.29, 0.717) is 17.4 Å². The van der Waals surface area contributed by atoms with Crippen LogP contribution in [-0.4, -0.2) is 28.6 Å². The number of aromatic nitrogens is 1. The molecule has 1 aliphatic heterocycles. The van der Waals surface area contributed by atoms with Crippen molar-refractivity contribution in [1.82, 2.24) is 10.1 Å². The third-order valence-corrected chi connectivity index (χ3v) is 3.40. The highest BCUT2D eigenvalue weighted by molar-refractivity contribution is 6.19. The minimum atomic E-state index is 0.0659. The first-order valence-corrected chi connectivity index (χ1v) is 6.43. The number of hydrogen-bond acceptors (Lipinski definition) is 3. The molecule has 1 saturated heterocycles. The first kappa shape index (κ1) is 12.9. The molecule has 1 unspecified atom stereocenters. The summed E-state index contributed by atoms with van der Waals surface area (Å²) in [6.07, 6.45) is 2.16. The van der Waals surface area contributed by atoms with Crippen LogP contribution < -0.4 is 0 Å². The van der Waals surface area contributed by atoms with Crippen molar-refractivity contribution in [3.63, 3.8) is 0 Å². The van der Waals surface area contributed by atoms with E-state index in [9.17, 15) is 4.79 Å². The lowest BCUT2D eigenvalue weighted by molar-refractivity contribution is -0.125. The van der Waals surface area contributed by atoms with Gasteiger partial charge in [0.15, 0.2) is 5.76 Å². The number of likely N-dealkylation sites (tertiary alicyclic amines) is 1. The smallest absolute Gasteiger partial charge is 0.257 e. The van der Waals surface area contributed by atoms with Crippen molar-refractivity contribution >= 4 is 11.5 Å². The van der Waals surface area contributed by atoms with Crippen LogP contribution in [0.25, 0.3) is 5.57 Å². The molecule has 1 fully saturated rings. The van der Waals surface area contributed by atoms with E-state index >= 15 is 0 Å². The zero-order valence-corrected chi connectivity index (χ0v) is 11.5. The summed E-state index contributed by atoms with van der Waals surface area (Å²) in [4.78, 5) is 14.5. The van der Waals surface area contributed by atoms with Crippen LogP contribution in [-0.2, 0) is 4.79 Å². The zero-order chi connectivity index (χ0) is 13.3. The van der Waals surface area contributed by atoms with Gasteiger partial charge in [-0.15, -0.1) is 0 Å². The lowest BCUT2D eigenvalue weighted by Crippen LogP contribution is -2.34. The Hall–Kier alpha value is -1.58. The summed E-state index contributed by atoms with van der Waals surface area (Å²) in [5, 5.41) is 3.87. The number of aryl methyl sites for hydroxylation is 1. The first-order valence-electron chi connectivity index (χ1n) is 6.43. The maximum Gasteiger partial charge on any atom is 0.257 e. The molecule has 0 N–H and O–H groups in total. The average Bonchev–Trinajstić information content (AvgIpc) is 2.87. The summed E-state index contributed by atoms with van der Waals surface area (Å²) in [7, 11) is 0. The Morgan fingerprint density at radius 2 is 2.22 bits per heavy atom. The number of hydrogen-bond donors (Lipinski definition) is 0. The largest absolute Gasteiger partial charge is 0.356 e. The molecule has 0 spiro atoms. The summed E-state index contributed by atoms with van der Waals surface area (Å²) in [5.41, 5.74) is 2.42. The van der Waals surface area contributed by atoms with Crippen LogP contribution in [0, 0.1) is 6.92 Å². The highest BCUT2D eigenvalue weighted by atomic mass is 16.5.